The van der Waals surface area contributed by atoms with E-state index >= 15 is 0 Å². The lowest BCUT2D eigenvalue weighted by atomic mass is 10.3. The molecule has 0 amide bonds. The summed E-state index contributed by atoms with van der Waals surface area (Å²) >= 11 is 0. The Balaban J connectivity index is 0. The molecule has 3 N–H and O–H groups in total. The number of piperazine rings is 1. The van der Waals surface area contributed by atoms with Crippen LogP contribution in [0.25, 0.3) is 0 Å². The number of carbonyl (C=O) groups excluding carboxylic acids is 1. The standard InChI is InChI=1S/C6H13N3O.2ClH/c7-6-5-8-1-2-9(6)3-4-10;;/h4,6,8H,1-3,5,7H2;2*1H/t6-;;/m0../s1. The molecule has 1 aliphatic heterocycles. The summed E-state index contributed by atoms with van der Waals surface area (Å²) in [6, 6.07) is 0. The number of carbonyl (C=O) groups is 1. The van der Waals surface area contributed by atoms with Crippen molar-refractivity contribution in [1.82, 2.24) is 10.2 Å². The van der Waals surface area contributed by atoms with Crippen LogP contribution >= 0.6 is 24.8 Å². The minimum Gasteiger partial charge on any atom is -0.315 e. The van der Waals surface area contributed by atoms with Crippen LogP contribution in [-0.4, -0.2) is 43.5 Å². The molecule has 0 aromatic rings. The second kappa shape index (κ2) is 7.76. The molecule has 0 spiro atoms. The van der Waals surface area contributed by atoms with E-state index in [0.29, 0.717) is 6.54 Å². The van der Waals surface area contributed by atoms with E-state index in [1.54, 1.807) is 0 Å². The summed E-state index contributed by atoms with van der Waals surface area (Å²) in [5.41, 5.74) is 5.67. The molecule has 6 heteroatoms. The summed E-state index contributed by atoms with van der Waals surface area (Å²) in [5, 5.41) is 3.14. The van der Waals surface area contributed by atoms with Crippen LogP contribution in [0.3, 0.4) is 0 Å². The lowest BCUT2D eigenvalue weighted by Gasteiger charge is -2.31. The molecule has 1 atom stereocenters. The van der Waals surface area contributed by atoms with E-state index in [-0.39, 0.29) is 31.0 Å². The Hall–Kier alpha value is 0.130. The number of halogens is 2. The Morgan fingerprint density at radius 2 is 2.25 bits per heavy atom. The fourth-order valence-corrected chi connectivity index (χ4v) is 1.09. The SMILES string of the molecule is Cl.Cl.N[C@@H]1CNCCN1CC=O. The van der Waals surface area contributed by atoms with E-state index in [2.05, 4.69) is 5.32 Å². The summed E-state index contributed by atoms with van der Waals surface area (Å²) in [6.45, 7) is 3.05. The van der Waals surface area contributed by atoms with Crippen LogP contribution in [0, 0.1) is 0 Å². The lowest BCUT2D eigenvalue weighted by Crippen LogP contribution is -2.56. The molecule has 1 aliphatic rings. The van der Waals surface area contributed by atoms with Crippen molar-refractivity contribution < 1.29 is 4.79 Å². The fourth-order valence-electron chi connectivity index (χ4n) is 1.09. The first-order chi connectivity index (χ1) is 4.84. The predicted molar refractivity (Wildman–Crippen MR) is 53.0 cm³/mol. The van der Waals surface area contributed by atoms with Gasteiger partial charge in [0.05, 0.1) is 12.7 Å². The average Bonchev–Trinajstić information content (AvgIpc) is 1.94. The van der Waals surface area contributed by atoms with Crippen LogP contribution < -0.4 is 11.1 Å². The van der Waals surface area contributed by atoms with Crippen LogP contribution in [0.2, 0.25) is 0 Å². The van der Waals surface area contributed by atoms with Gasteiger partial charge in [0.25, 0.3) is 0 Å². The van der Waals surface area contributed by atoms with E-state index < -0.39 is 0 Å². The van der Waals surface area contributed by atoms with Gasteiger partial charge in [0.1, 0.15) is 6.29 Å². The van der Waals surface area contributed by atoms with E-state index in [1.165, 1.54) is 0 Å². The predicted octanol–water partition coefficient (Wildman–Crippen LogP) is -0.781. The number of nitrogens with zero attached hydrogens (tertiary/aromatic N) is 1. The molecule has 4 nitrogen and oxygen atoms in total. The molecule has 1 rings (SSSR count). The molecule has 12 heavy (non-hydrogen) atoms. The molecule has 1 saturated heterocycles. The number of nitrogens with two attached hydrogens (primary N) is 1. The number of aldehydes is 1. The van der Waals surface area contributed by atoms with Crippen LogP contribution in [0.15, 0.2) is 0 Å². The van der Waals surface area contributed by atoms with Gasteiger partial charge in [0.15, 0.2) is 0 Å². The largest absolute Gasteiger partial charge is 0.315 e. The minimum absolute atomic E-state index is 0. The van der Waals surface area contributed by atoms with Gasteiger partial charge in [0, 0.05) is 19.6 Å². The Morgan fingerprint density at radius 1 is 1.58 bits per heavy atom. The zero-order chi connectivity index (χ0) is 7.40. The van der Waals surface area contributed by atoms with Gasteiger partial charge in [-0.2, -0.15) is 0 Å². The summed E-state index contributed by atoms with van der Waals surface area (Å²) in [7, 11) is 0. The highest BCUT2D eigenvalue weighted by Gasteiger charge is 2.16. The van der Waals surface area contributed by atoms with E-state index in [4.69, 9.17) is 5.73 Å². The summed E-state index contributed by atoms with van der Waals surface area (Å²) in [4.78, 5) is 12.1. The van der Waals surface area contributed by atoms with Crippen molar-refractivity contribution in [2.75, 3.05) is 26.2 Å². The maximum atomic E-state index is 10.1. The molecule has 0 unspecified atom stereocenters. The number of hydrogen-bond donors (Lipinski definition) is 2. The summed E-state index contributed by atoms with van der Waals surface area (Å²) in [5.74, 6) is 0. The van der Waals surface area contributed by atoms with Crippen molar-refractivity contribution in [3.63, 3.8) is 0 Å². The van der Waals surface area contributed by atoms with E-state index in [9.17, 15) is 4.79 Å². The number of rotatable bonds is 2. The summed E-state index contributed by atoms with van der Waals surface area (Å²) in [6.07, 6.45) is 0.907. The van der Waals surface area contributed by atoms with E-state index in [0.717, 1.165) is 25.9 Å². The van der Waals surface area contributed by atoms with Crippen molar-refractivity contribution in [2.24, 2.45) is 5.73 Å². The third-order valence-corrected chi connectivity index (χ3v) is 1.71. The van der Waals surface area contributed by atoms with Crippen LogP contribution in [0.4, 0.5) is 0 Å². The smallest absolute Gasteiger partial charge is 0.134 e. The maximum Gasteiger partial charge on any atom is 0.134 e. The quantitative estimate of drug-likeness (QED) is 0.594. The number of nitrogens with one attached hydrogen (secondary N) is 1. The molecule has 0 aromatic heterocycles. The lowest BCUT2D eigenvalue weighted by molar-refractivity contribution is -0.109. The van der Waals surface area contributed by atoms with Crippen molar-refractivity contribution in [3.05, 3.63) is 0 Å². The molecular formula is C6H15Cl2N3O. The molecule has 74 valence electrons. The molecule has 0 aromatic carbocycles. The highest BCUT2D eigenvalue weighted by atomic mass is 35.5. The van der Waals surface area contributed by atoms with Gasteiger partial charge in [-0.1, -0.05) is 0 Å². The first-order valence-corrected chi connectivity index (χ1v) is 3.48. The van der Waals surface area contributed by atoms with E-state index in [1.807, 2.05) is 4.90 Å². The molecule has 1 heterocycles. The molecule has 0 bridgehead atoms. The third-order valence-electron chi connectivity index (χ3n) is 1.71. The van der Waals surface area contributed by atoms with Crippen LogP contribution in [-0.2, 0) is 4.79 Å². The Morgan fingerprint density at radius 3 is 2.75 bits per heavy atom. The highest BCUT2D eigenvalue weighted by Crippen LogP contribution is 1.94. The van der Waals surface area contributed by atoms with Gasteiger partial charge in [-0.15, -0.1) is 24.8 Å². The average molecular weight is 216 g/mol. The minimum atomic E-state index is 0. The van der Waals surface area contributed by atoms with Crippen molar-refractivity contribution in [2.45, 2.75) is 6.17 Å². The Labute approximate surface area is 84.7 Å². The van der Waals surface area contributed by atoms with Crippen molar-refractivity contribution >= 4 is 31.1 Å². The summed E-state index contributed by atoms with van der Waals surface area (Å²) < 4.78 is 0. The normalized spacial score (nSPS) is 23.6. The van der Waals surface area contributed by atoms with Gasteiger partial charge in [0.2, 0.25) is 0 Å². The zero-order valence-corrected chi connectivity index (χ0v) is 8.37. The van der Waals surface area contributed by atoms with Gasteiger partial charge >= 0.3 is 0 Å². The van der Waals surface area contributed by atoms with Crippen LogP contribution in [0.5, 0.6) is 0 Å². The maximum absolute atomic E-state index is 10.1. The second-order valence-corrected chi connectivity index (χ2v) is 2.43. The molecule has 0 radical (unpaired) electrons. The number of hydrogen-bond acceptors (Lipinski definition) is 4. The molecule has 1 fully saturated rings. The Bertz CT molecular complexity index is 125. The van der Waals surface area contributed by atoms with Gasteiger partial charge in [-0.25, -0.2) is 0 Å². The first kappa shape index (κ1) is 14.6. The molecular weight excluding hydrogens is 201 g/mol. The topological polar surface area (TPSA) is 58.4 Å². The fraction of sp³-hybridized carbons (Fsp3) is 0.833. The molecule has 0 saturated carbocycles. The van der Waals surface area contributed by atoms with Gasteiger partial charge in [-0.05, 0) is 0 Å². The zero-order valence-electron chi connectivity index (χ0n) is 6.73. The first-order valence-electron chi connectivity index (χ1n) is 3.48. The highest BCUT2D eigenvalue weighted by molar-refractivity contribution is 5.85. The van der Waals surface area contributed by atoms with Crippen LogP contribution in [0.1, 0.15) is 0 Å². The van der Waals surface area contributed by atoms with Gasteiger partial charge in [-0.3, -0.25) is 4.90 Å². The third kappa shape index (κ3) is 4.23. The Kier molecular flexibility index (Phi) is 9.47. The van der Waals surface area contributed by atoms with Gasteiger partial charge < -0.3 is 15.8 Å². The second-order valence-electron chi connectivity index (χ2n) is 2.43. The molecule has 0 aliphatic carbocycles. The monoisotopic (exact) mass is 215 g/mol. The van der Waals surface area contributed by atoms with Crippen molar-refractivity contribution in [3.8, 4) is 0 Å². The van der Waals surface area contributed by atoms with Crippen molar-refractivity contribution in [1.29, 1.82) is 0 Å².